The summed E-state index contributed by atoms with van der Waals surface area (Å²) in [5.41, 5.74) is 1.51. The van der Waals surface area contributed by atoms with Crippen molar-refractivity contribution in [1.82, 2.24) is 25.5 Å². The molecule has 1 saturated carbocycles. The first-order valence-corrected chi connectivity index (χ1v) is 14.8. The van der Waals surface area contributed by atoms with E-state index in [4.69, 9.17) is 14.2 Å². The monoisotopic (exact) mass is 587 g/mol. The summed E-state index contributed by atoms with van der Waals surface area (Å²) in [5.74, 6) is -0.150. The van der Waals surface area contributed by atoms with Gasteiger partial charge in [0.2, 0.25) is 5.88 Å². The molecule has 226 valence electrons. The zero-order valence-corrected chi connectivity index (χ0v) is 24.3. The molecule has 1 unspecified atom stereocenters. The van der Waals surface area contributed by atoms with Crippen LogP contribution in [0.5, 0.6) is 11.6 Å². The van der Waals surface area contributed by atoms with Crippen LogP contribution in [-0.4, -0.2) is 77.8 Å². The van der Waals surface area contributed by atoms with Gasteiger partial charge in [0.25, 0.3) is 5.91 Å². The first kappa shape index (κ1) is 30.0. The van der Waals surface area contributed by atoms with Gasteiger partial charge in [-0.25, -0.2) is 14.6 Å². The second kappa shape index (κ2) is 14.6. The first-order valence-electron chi connectivity index (χ1n) is 14.8. The Morgan fingerprint density at radius 1 is 1.00 bits per heavy atom. The lowest BCUT2D eigenvalue weighted by molar-refractivity contribution is -0.140. The Kier molecular flexibility index (Phi) is 10.2. The van der Waals surface area contributed by atoms with E-state index in [1.165, 1.54) is 11.0 Å². The third kappa shape index (κ3) is 8.29. The second-order valence-corrected chi connectivity index (χ2v) is 10.5. The number of esters is 1. The normalized spacial score (nSPS) is 15.9. The maximum Gasteiger partial charge on any atom is 0.417 e. The molecule has 1 aromatic heterocycles. The van der Waals surface area contributed by atoms with E-state index in [0.717, 1.165) is 36.8 Å². The third-order valence-corrected chi connectivity index (χ3v) is 7.38. The molecule has 11 heteroatoms. The lowest BCUT2D eigenvalue weighted by Gasteiger charge is -2.27. The van der Waals surface area contributed by atoms with Crippen molar-refractivity contribution in [1.29, 1.82) is 0 Å². The number of ether oxygens (including phenoxy) is 3. The Morgan fingerprint density at radius 2 is 1.72 bits per heavy atom. The SMILES string of the molecule is CCOc1ccc(CC(NC(=O)c2cc(OC3CCCC3)nc(-c3ccccc3)n2)C(=O)OC(=O)N2CCNCC2)cc1. The number of nitrogens with zero attached hydrogens (tertiary/aromatic N) is 3. The quantitative estimate of drug-likeness (QED) is 0.269. The van der Waals surface area contributed by atoms with Gasteiger partial charge < -0.3 is 29.7 Å². The summed E-state index contributed by atoms with van der Waals surface area (Å²) in [7, 11) is 0. The van der Waals surface area contributed by atoms with Crippen LogP contribution in [0.25, 0.3) is 11.4 Å². The number of piperazine rings is 1. The lowest BCUT2D eigenvalue weighted by atomic mass is 10.1. The number of hydrogen-bond donors (Lipinski definition) is 2. The highest BCUT2D eigenvalue weighted by molar-refractivity contribution is 5.97. The van der Waals surface area contributed by atoms with Crippen LogP contribution in [0.2, 0.25) is 0 Å². The van der Waals surface area contributed by atoms with Gasteiger partial charge in [0.1, 0.15) is 23.6 Å². The minimum Gasteiger partial charge on any atom is -0.494 e. The molecule has 0 radical (unpaired) electrons. The van der Waals surface area contributed by atoms with Crippen molar-refractivity contribution in [3.63, 3.8) is 0 Å². The first-order chi connectivity index (χ1) is 21.0. The van der Waals surface area contributed by atoms with Crippen molar-refractivity contribution in [2.75, 3.05) is 32.8 Å². The fraction of sp³-hybridized carbons (Fsp3) is 0.406. The second-order valence-electron chi connectivity index (χ2n) is 10.5. The van der Waals surface area contributed by atoms with E-state index in [1.807, 2.05) is 37.3 Å². The summed E-state index contributed by atoms with van der Waals surface area (Å²) in [6, 6.07) is 16.8. The number of nitrogens with one attached hydrogen (secondary N) is 2. The fourth-order valence-electron chi connectivity index (χ4n) is 5.11. The Hall–Kier alpha value is -4.51. The van der Waals surface area contributed by atoms with Crippen LogP contribution in [-0.2, 0) is 16.0 Å². The van der Waals surface area contributed by atoms with Crippen LogP contribution in [0.4, 0.5) is 4.79 Å². The molecule has 43 heavy (non-hydrogen) atoms. The van der Waals surface area contributed by atoms with Gasteiger partial charge in [-0.05, 0) is 50.3 Å². The van der Waals surface area contributed by atoms with E-state index in [9.17, 15) is 14.4 Å². The zero-order valence-electron chi connectivity index (χ0n) is 24.3. The van der Waals surface area contributed by atoms with Gasteiger partial charge in [0.05, 0.1) is 6.61 Å². The topological polar surface area (TPSA) is 132 Å². The average Bonchev–Trinajstić information content (AvgIpc) is 3.55. The van der Waals surface area contributed by atoms with Crippen molar-refractivity contribution in [2.45, 2.75) is 51.2 Å². The van der Waals surface area contributed by atoms with Crippen LogP contribution >= 0.6 is 0 Å². The maximum atomic E-state index is 13.7. The molecule has 1 aliphatic carbocycles. The number of amides is 2. The van der Waals surface area contributed by atoms with Gasteiger partial charge in [0, 0.05) is 44.2 Å². The standard InChI is InChI=1S/C32H37N5O6/c1-2-41-24-14-12-22(13-15-24)20-27(31(39)43-32(40)37-18-16-33-17-19-37)35-30(38)26-21-28(42-25-10-6-7-11-25)36-29(34-26)23-8-4-3-5-9-23/h3-5,8-9,12-15,21,25,27,33H,2,6-7,10-11,16-20H2,1H3,(H,35,38). The van der Waals surface area contributed by atoms with Crippen LogP contribution < -0.4 is 20.1 Å². The molecule has 2 N–H and O–H groups in total. The Morgan fingerprint density at radius 3 is 2.42 bits per heavy atom. The van der Waals surface area contributed by atoms with Gasteiger partial charge in [-0.2, -0.15) is 4.98 Å². The summed E-state index contributed by atoms with van der Waals surface area (Å²) >= 11 is 0. The molecule has 3 aromatic rings. The van der Waals surface area contributed by atoms with Crippen molar-refractivity contribution in [3.05, 3.63) is 71.9 Å². The number of carbonyl (C=O) groups excluding carboxylic acids is 3. The van der Waals surface area contributed by atoms with Crippen LogP contribution in [0.1, 0.15) is 48.7 Å². The summed E-state index contributed by atoms with van der Waals surface area (Å²) in [6.07, 6.45) is 3.37. The predicted octanol–water partition coefficient (Wildman–Crippen LogP) is 3.77. The van der Waals surface area contributed by atoms with E-state index in [2.05, 4.69) is 20.6 Å². The average molecular weight is 588 g/mol. The van der Waals surface area contributed by atoms with Gasteiger partial charge in [-0.3, -0.25) is 4.79 Å². The van der Waals surface area contributed by atoms with E-state index in [0.29, 0.717) is 50.2 Å². The van der Waals surface area contributed by atoms with Crippen molar-refractivity contribution < 1.29 is 28.6 Å². The molecule has 1 saturated heterocycles. The number of aromatic nitrogens is 2. The largest absolute Gasteiger partial charge is 0.494 e. The summed E-state index contributed by atoms with van der Waals surface area (Å²) in [4.78, 5) is 50.3. The summed E-state index contributed by atoms with van der Waals surface area (Å²) in [5, 5.41) is 5.91. The number of benzene rings is 2. The highest BCUT2D eigenvalue weighted by Crippen LogP contribution is 2.25. The van der Waals surface area contributed by atoms with Crippen molar-refractivity contribution >= 4 is 18.0 Å². The molecule has 0 bridgehead atoms. The number of rotatable bonds is 10. The van der Waals surface area contributed by atoms with Crippen molar-refractivity contribution in [2.24, 2.45) is 0 Å². The minimum atomic E-state index is -1.16. The molecule has 5 rings (SSSR count). The van der Waals surface area contributed by atoms with E-state index >= 15 is 0 Å². The van der Waals surface area contributed by atoms with Crippen LogP contribution in [0.15, 0.2) is 60.7 Å². The third-order valence-electron chi connectivity index (χ3n) is 7.38. The predicted molar refractivity (Wildman–Crippen MR) is 159 cm³/mol. The van der Waals surface area contributed by atoms with Gasteiger partial charge in [-0.15, -0.1) is 0 Å². The smallest absolute Gasteiger partial charge is 0.417 e. The number of carbonyl (C=O) groups is 3. The molecule has 2 heterocycles. The fourth-order valence-corrected chi connectivity index (χ4v) is 5.11. The van der Waals surface area contributed by atoms with E-state index in [-0.39, 0.29) is 18.2 Å². The summed E-state index contributed by atoms with van der Waals surface area (Å²) in [6.45, 7) is 4.49. The minimum absolute atomic E-state index is 0.0211. The molecule has 1 aliphatic heterocycles. The van der Waals surface area contributed by atoms with E-state index in [1.54, 1.807) is 24.3 Å². The zero-order chi connectivity index (χ0) is 30.0. The lowest BCUT2D eigenvalue weighted by Crippen LogP contribution is -2.49. The molecule has 1 atom stereocenters. The highest BCUT2D eigenvalue weighted by Gasteiger charge is 2.29. The van der Waals surface area contributed by atoms with Gasteiger partial charge >= 0.3 is 12.1 Å². The van der Waals surface area contributed by atoms with Crippen molar-refractivity contribution in [3.8, 4) is 23.0 Å². The Bertz CT molecular complexity index is 1390. The molecule has 2 fully saturated rings. The van der Waals surface area contributed by atoms with Crippen LogP contribution in [0, 0.1) is 0 Å². The Labute approximate surface area is 250 Å². The van der Waals surface area contributed by atoms with Crippen LogP contribution in [0.3, 0.4) is 0 Å². The Balaban J connectivity index is 1.38. The highest BCUT2D eigenvalue weighted by atomic mass is 16.6. The van der Waals surface area contributed by atoms with E-state index < -0.39 is 24.0 Å². The number of hydrogen-bond acceptors (Lipinski definition) is 9. The molecular weight excluding hydrogens is 550 g/mol. The molecular formula is C32H37N5O6. The molecule has 2 amide bonds. The molecule has 11 nitrogen and oxygen atoms in total. The molecule has 2 aromatic carbocycles. The van der Waals surface area contributed by atoms with Gasteiger partial charge in [-0.1, -0.05) is 42.5 Å². The van der Waals surface area contributed by atoms with Gasteiger partial charge in [0.15, 0.2) is 5.82 Å². The maximum absolute atomic E-state index is 13.7. The molecule has 0 spiro atoms. The summed E-state index contributed by atoms with van der Waals surface area (Å²) < 4.78 is 16.9. The molecule has 2 aliphatic rings.